The Bertz CT molecular complexity index is 385. The SMILES string of the molecule is CSCCCOc1ccc(C)cc1CNC(C)(C)C. The number of nitrogens with one attached hydrogen (secondary N) is 1. The molecule has 108 valence electrons. The monoisotopic (exact) mass is 281 g/mol. The lowest BCUT2D eigenvalue weighted by Gasteiger charge is -2.22. The molecule has 0 amide bonds. The molecule has 0 atom stereocenters. The van der Waals surface area contributed by atoms with Crippen molar-refractivity contribution < 1.29 is 4.74 Å². The first-order valence-electron chi connectivity index (χ1n) is 6.88. The average Bonchev–Trinajstić information content (AvgIpc) is 2.33. The molecule has 0 saturated carbocycles. The largest absolute Gasteiger partial charge is 0.493 e. The molecule has 0 aromatic heterocycles. The van der Waals surface area contributed by atoms with Crippen LogP contribution < -0.4 is 10.1 Å². The van der Waals surface area contributed by atoms with Gasteiger partial charge in [-0.1, -0.05) is 17.7 Å². The molecule has 2 nitrogen and oxygen atoms in total. The maximum atomic E-state index is 5.91. The lowest BCUT2D eigenvalue weighted by molar-refractivity contribution is 0.312. The van der Waals surface area contributed by atoms with Crippen LogP contribution in [0, 0.1) is 6.92 Å². The van der Waals surface area contributed by atoms with Crippen LogP contribution in [0.2, 0.25) is 0 Å². The Kier molecular flexibility index (Phi) is 6.73. The standard InChI is InChI=1S/C16H27NOS/c1-13-7-8-15(18-9-6-10-19-5)14(11-13)12-17-16(2,3)4/h7-8,11,17H,6,9-10,12H2,1-5H3. The molecule has 0 aliphatic carbocycles. The molecular weight excluding hydrogens is 254 g/mol. The van der Waals surface area contributed by atoms with E-state index >= 15 is 0 Å². The van der Waals surface area contributed by atoms with Crippen LogP contribution in [0.5, 0.6) is 5.75 Å². The molecule has 1 aromatic rings. The third-order valence-electron chi connectivity index (χ3n) is 2.78. The van der Waals surface area contributed by atoms with Crippen molar-refractivity contribution in [2.45, 2.75) is 46.2 Å². The van der Waals surface area contributed by atoms with Gasteiger partial charge in [0.2, 0.25) is 0 Å². The Morgan fingerprint density at radius 2 is 2.00 bits per heavy atom. The van der Waals surface area contributed by atoms with Crippen molar-refractivity contribution in [1.29, 1.82) is 0 Å². The van der Waals surface area contributed by atoms with E-state index in [-0.39, 0.29) is 5.54 Å². The first-order chi connectivity index (χ1) is 8.92. The molecule has 0 radical (unpaired) electrons. The number of hydrogen-bond donors (Lipinski definition) is 1. The van der Waals surface area contributed by atoms with Crippen molar-refractivity contribution in [1.82, 2.24) is 5.32 Å². The Morgan fingerprint density at radius 1 is 1.26 bits per heavy atom. The van der Waals surface area contributed by atoms with Gasteiger partial charge in [0.25, 0.3) is 0 Å². The summed E-state index contributed by atoms with van der Waals surface area (Å²) >= 11 is 1.86. The highest BCUT2D eigenvalue weighted by atomic mass is 32.2. The second kappa shape index (κ2) is 7.81. The summed E-state index contributed by atoms with van der Waals surface area (Å²) in [5.41, 5.74) is 2.65. The van der Waals surface area contributed by atoms with Crippen LogP contribution >= 0.6 is 11.8 Å². The van der Waals surface area contributed by atoms with Crippen molar-refractivity contribution in [2.75, 3.05) is 18.6 Å². The quantitative estimate of drug-likeness (QED) is 0.763. The Labute approximate surface area is 122 Å². The summed E-state index contributed by atoms with van der Waals surface area (Å²) in [6.45, 7) is 10.3. The van der Waals surface area contributed by atoms with E-state index in [9.17, 15) is 0 Å². The number of thioether (sulfide) groups is 1. The Hall–Kier alpha value is -0.670. The maximum absolute atomic E-state index is 5.91. The predicted molar refractivity (Wildman–Crippen MR) is 86.3 cm³/mol. The average molecular weight is 281 g/mol. The number of ether oxygens (including phenoxy) is 1. The zero-order valence-electron chi connectivity index (χ0n) is 12.9. The number of hydrogen-bond acceptors (Lipinski definition) is 3. The fourth-order valence-electron chi connectivity index (χ4n) is 1.73. The zero-order valence-corrected chi connectivity index (χ0v) is 13.7. The van der Waals surface area contributed by atoms with Gasteiger partial charge in [-0.25, -0.2) is 0 Å². The van der Waals surface area contributed by atoms with Crippen molar-refractivity contribution in [3.05, 3.63) is 29.3 Å². The summed E-state index contributed by atoms with van der Waals surface area (Å²) in [7, 11) is 0. The van der Waals surface area contributed by atoms with Gasteiger partial charge in [-0.2, -0.15) is 11.8 Å². The lowest BCUT2D eigenvalue weighted by atomic mass is 10.1. The molecule has 3 heteroatoms. The van der Waals surface area contributed by atoms with E-state index in [2.05, 4.69) is 57.5 Å². The maximum Gasteiger partial charge on any atom is 0.123 e. The van der Waals surface area contributed by atoms with E-state index in [1.165, 1.54) is 11.1 Å². The minimum atomic E-state index is 0.125. The summed E-state index contributed by atoms with van der Waals surface area (Å²) in [5.74, 6) is 2.17. The predicted octanol–water partition coefficient (Wildman–Crippen LogP) is 4.02. The molecule has 0 unspecified atom stereocenters. The van der Waals surface area contributed by atoms with E-state index in [0.29, 0.717) is 0 Å². The summed E-state index contributed by atoms with van der Waals surface area (Å²) in [5, 5.41) is 3.52. The number of aryl methyl sites for hydroxylation is 1. The molecule has 1 aromatic carbocycles. The summed E-state index contributed by atoms with van der Waals surface area (Å²) in [4.78, 5) is 0. The van der Waals surface area contributed by atoms with Gasteiger partial charge < -0.3 is 10.1 Å². The smallest absolute Gasteiger partial charge is 0.123 e. The van der Waals surface area contributed by atoms with E-state index in [4.69, 9.17) is 4.74 Å². The molecule has 19 heavy (non-hydrogen) atoms. The second-order valence-electron chi connectivity index (χ2n) is 5.91. The summed E-state index contributed by atoms with van der Waals surface area (Å²) in [6.07, 6.45) is 3.23. The molecule has 1 rings (SSSR count). The number of rotatable bonds is 7. The molecule has 0 aliphatic heterocycles. The third kappa shape index (κ3) is 6.88. The van der Waals surface area contributed by atoms with Crippen LogP contribution in [0.3, 0.4) is 0 Å². The molecule has 0 aliphatic rings. The fourth-order valence-corrected chi connectivity index (χ4v) is 2.14. The van der Waals surface area contributed by atoms with Gasteiger partial charge in [0, 0.05) is 17.6 Å². The topological polar surface area (TPSA) is 21.3 Å². The third-order valence-corrected chi connectivity index (χ3v) is 3.47. The second-order valence-corrected chi connectivity index (χ2v) is 6.90. The first-order valence-corrected chi connectivity index (χ1v) is 8.28. The van der Waals surface area contributed by atoms with Crippen LogP contribution in [0.1, 0.15) is 38.3 Å². The van der Waals surface area contributed by atoms with Gasteiger partial charge in [0.1, 0.15) is 5.75 Å². The van der Waals surface area contributed by atoms with Crippen molar-refractivity contribution >= 4 is 11.8 Å². The summed E-state index contributed by atoms with van der Waals surface area (Å²) < 4.78 is 5.91. The minimum absolute atomic E-state index is 0.125. The van der Waals surface area contributed by atoms with Crippen LogP contribution in [-0.4, -0.2) is 24.2 Å². The molecule has 0 fully saturated rings. The molecule has 1 N–H and O–H groups in total. The molecule has 0 saturated heterocycles. The van der Waals surface area contributed by atoms with Crippen LogP contribution in [-0.2, 0) is 6.54 Å². The lowest BCUT2D eigenvalue weighted by Crippen LogP contribution is -2.35. The van der Waals surface area contributed by atoms with Crippen molar-refractivity contribution in [3.63, 3.8) is 0 Å². The van der Waals surface area contributed by atoms with E-state index in [0.717, 1.165) is 31.1 Å². The van der Waals surface area contributed by atoms with E-state index < -0.39 is 0 Å². The van der Waals surface area contributed by atoms with E-state index in [1.807, 2.05) is 11.8 Å². The number of benzene rings is 1. The van der Waals surface area contributed by atoms with Gasteiger partial charge in [0.05, 0.1) is 6.61 Å². The fraction of sp³-hybridized carbons (Fsp3) is 0.625. The highest BCUT2D eigenvalue weighted by molar-refractivity contribution is 7.98. The Morgan fingerprint density at radius 3 is 2.63 bits per heavy atom. The molecule has 0 bridgehead atoms. The van der Waals surface area contributed by atoms with Crippen molar-refractivity contribution in [2.24, 2.45) is 0 Å². The van der Waals surface area contributed by atoms with Gasteiger partial charge in [-0.15, -0.1) is 0 Å². The van der Waals surface area contributed by atoms with Gasteiger partial charge in [-0.05, 0) is 52.2 Å². The molecule has 0 spiro atoms. The van der Waals surface area contributed by atoms with Gasteiger partial charge in [0.15, 0.2) is 0 Å². The molecule has 0 heterocycles. The highest BCUT2D eigenvalue weighted by Crippen LogP contribution is 2.21. The summed E-state index contributed by atoms with van der Waals surface area (Å²) in [6, 6.07) is 6.42. The minimum Gasteiger partial charge on any atom is -0.493 e. The first kappa shape index (κ1) is 16.4. The zero-order chi connectivity index (χ0) is 14.3. The van der Waals surface area contributed by atoms with Crippen LogP contribution in [0.25, 0.3) is 0 Å². The van der Waals surface area contributed by atoms with Crippen LogP contribution in [0.15, 0.2) is 18.2 Å². The van der Waals surface area contributed by atoms with Crippen LogP contribution in [0.4, 0.5) is 0 Å². The molecular formula is C16H27NOS. The Balaban J connectivity index is 2.63. The normalized spacial score (nSPS) is 11.6. The van der Waals surface area contributed by atoms with Crippen molar-refractivity contribution in [3.8, 4) is 5.75 Å². The highest BCUT2D eigenvalue weighted by Gasteiger charge is 2.11. The van der Waals surface area contributed by atoms with Gasteiger partial charge in [-0.3, -0.25) is 0 Å². The van der Waals surface area contributed by atoms with Gasteiger partial charge >= 0.3 is 0 Å². The van der Waals surface area contributed by atoms with E-state index in [1.54, 1.807) is 0 Å².